The van der Waals surface area contributed by atoms with Gasteiger partial charge in [-0.05, 0) is 12.2 Å². The molecule has 60 valence electrons. The number of hydrogen-bond donors (Lipinski definition) is 1. The normalized spacial score (nSPS) is 14.7. The lowest BCUT2D eigenvalue weighted by Gasteiger charge is -2.18. The lowest BCUT2D eigenvalue weighted by atomic mass is 10.4. The van der Waals surface area contributed by atoms with Crippen LogP contribution in [0.1, 0.15) is 6.42 Å². The zero-order valence-corrected chi connectivity index (χ0v) is 5.93. The molecule has 0 aromatic carbocycles. The van der Waals surface area contributed by atoms with E-state index < -0.39 is 5.97 Å². The number of carboxylic acids is 1. The molecular formula is C7H9NO3. The van der Waals surface area contributed by atoms with E-state index in [1.807, 2.05) is 0 Å². The van der Waals surface area contributed by atoms with Crippen LogP contribution in [-0.4, -0.2) is 22.7 Å². The van der Waals surface area contributed by atoms with Gasteiger partial charge in [-0.25, -0.2) is 5.06 Å². The summed E-state index contributed by atoms with van der Waals surface area (Å²) in [6, 6.07) is 0. The molecule has 0 aromatic heterocycles. The second-order valence-electron chi connectivity index (χ2n) is 2.06. The van der Waals surface area contributed by atoms with Crippen molar-refractivity contribution in [3.05, 3.63) is 24.6 Å². The number of carbonyl (C=O) groups is 1. The van der Waals surface area contributed by atoms with Crippen molar-refractivity contribution in [1.29, 1.82) is 0 Å². The van der Waals surface area contributed by atoms with Gasteiger partial charge in [0.25, 0.3) is 0 Å². The molecule has 0 atom stereocenters. The second-order valence-corrected chi connectivity index (χ2v) is 2.06. The van der Waals surface area contributed by atoms with Gasteiger partial charge in [0, 0.05) is 6.20 Å². The molecule has 0 aromatic rings. The van der Waals surface area contributed by atoms with Gasteiger partial charge >= 0.3 is 5.97 Å². The summed E-state index contributed by atoms with van der Waals surface area (Å²) in [5, 5.41) is 9.79. The zero-order chi connectivity index (χ0) is 8.10. The molecule has 1 rings (SSSR count). The van der Waals surface area contributed by atoms with Gasteiger partial charge in [-0.15, -0.1) is 0 Å². The number of carboxylic acid groups (broad SMARTS) is 1. The van der Waals surface area contributed by atoms with Crippen LogP contribution in [-0.2, 0) is 9.63 Å². The van der Waals surface area contributed by atoms with Crippen molar-refractivity contribution in [1.82, 2.24) is 5.06 Å². The van der Waals surface area contributed by atoms with Crippen molar-refractivity contribution in [2.75, 3.05) is 6.54 Å². The average molecular weight is 155 g/mol. The van der Waals surface area contributed by atoms with Crippen molar-refractivity contribution >= 4 is 5.97 Å². The molecule has 0 fully saturated rings. The van der Waals surface area contributed by atoms with E-state index in [1.54, 1.807) is 18.4 Å². The molecule has 1 aliphatic rings. The summed E-state index contributed by atoms with van der Waals surface area (Å²) < 4.78 is 0. The van der Waals surface area contributed by atoms with Gasteiger partial charge in [0.2, 0.25) is 0 Å². The van der Waals surface area contributed by atoms with E-state index in [4.69, 9.17) is 9.94 Å². The van der Waals surface area contributed by atoms with Crippen molar-refractivity contribution in [2.45, 2.75) is 6.42 Å². The Morgan fingerprint density at radius 1 is 1.55 bits per heavy atom. The number of nitrogens with zero attached hydrogens (tertiary/aromatic N) is 1. The first-order chi connectivity index (χ1) is 5.29. The Bertz CT molecular complexity index is 198. The Morgan fingerprint density at radius 3 is 2.91 bits per heavy atom. The van der Waals surface area contributed by atoms with Gasteiger partial charge in [0.05, 0.1) is 13.0 Å². The molecule has 0 saturated carbocycles. The minimum atomic E-state index is -0.823. The first kappa shape index (κ1) is 7.65. The molecule has 4 nitrogen and oxygen atoms in total. The standard InChI is InChI=1S/C7H9NO3/c9-7(10)3-5-8-4-1-2-6-11-8/h1-2,4,6H,3,5H2,(H,9,10). The molecule has 0 saturated heterocycles. The molecule has 0 radical (unpaired) electrons. The van der Waals surface area contributed by atoms with Crippen molar-refractivity contribution in [3.8, 4) is 0 Å². The predicted octanol–water partition coefficient (Wildman–Crippen LogP) is 0.736. The Kier molecular flexibility index (Phi) is 2.54. The van der Waals surface area contributed by atoms with Crippen LogP contribution in [0.4, 0.5) is 0 Å². The van der Waals surface area contributed by atoms with E-state index in [0.29, 0.717) is 6.54 Å². The Balaban J connectivity index is 2.22. The highest BCUT2D eigenvalue weighted by Crippen LogP contribution is 2.00. The number of allylic oxidation sites excluding steroid dienone is 2. The van der Waals surface area contributed by atoms with Crippen LogP contribution in [0.3, 0.4) is 0 Å². The fourth-order valence-electron chi connectivity index (χ4n) is 0.673. The van der Waals surface area contributed by atoms with E-state index in [2.05, 4.69) is 0 Å². The van der Waals surface area contributed by atoms with E-state index in [0.717, 1.165) is 0 Å². The van der Waals surface area contributed by atoms with Crippen LogP contribution in [0.2, 0.25) is 0 Å². The first-order valence-electron chi connectivity index (χ1n) is 3.27. The summed E-state index contributed by atoms with van der Waals surface area (Å²) in [4.78, 5) is 15.0. The highest BCUT2D eigenvalue weighted by molar-refractivity contribution is 5.66. The topological polar surface area (TPSA) is 49.8 Å². The maximum atomic E-state index is 10.1. The Hall–Kier alpha value is -1.45. The summed E-state index contributed by atoms with van der Waals surface area (Å²) >= 11 is 0. The molecule has 0 bridgehead atoms. The summed E-state index contributed by atoms with van der Waals surface area (Å²) in [6.07, 6.45) is 6.78. The minimum absolute atomic E-state index is 0.0815. The van der Waals surface area contributed by atoms with Gasteiger partial charge in [0.1, 0.15) is 6.26 Å². The van der Waals surface area contributed by atoms with E-state index >= 15 is 0 Å². The second kappa shape index (κ2) is 3.65. The maximum Gasteiger partial charge on any atom is 0.305 e. The molecule has 1 N–H and O–H groups in total. The first-order valence-corrected chi connectivity index (χ1v) is 3.27. The quantitative estimate of drug-likeness (QED) is 0.652. The number of hydrogen-bond acceptors (Lipinski definition) is 3. The zero-order valence-electron chi connectivity index (χ0n) is 5.93. The van der Waals surface area contributed by atoms with Crippen LogP contribution in [0.25, 0.3) is 0 Å². The number of aliphatic carboxylic acids is 1. The van der Waals surface area contributed by atoms with Crippen LogP contribution in [0.5, 0.6) is 0 Å². The van der Waals surface area contributed by atoms with Gasteiger partial charge in [-0.2, -0.15) is 0 Å². The summed E-state index contributed by atoms with van der Waals surface area (Å²) in [7, 11) is 0. The number of hydroxylamine groups is 2. The fraction of sp³-hybridized carbons (Fsp3) is 0.286. The van der Waals surface area contributed by atoms with Crippen LogP contribution in [0.15, 0.2) is 24.6 Å². The highest BCUT2D eigenvalue weighted by Gasteiger charge is 2.03. The summed E-state index contributed by atoms with van der Waals surface area (Å²) in [6.45, 7) is 0.371. The van der Waals surface area contributed by atoms with Gasteiger partial charge in [-0.3, -0.25) is 4.79 Å². The Morgan fingerprint density at radius 2 is 2.36 bits per heavy atom. The monoisotopic (exact) mass is 155 g/mol. The molecule has 0 aliphatic carbocycles. The Labute approximate surface area is 64.3 Å². The molecule has 4 heteroatoms. The molecular weight excluding hydrogens is 146 g/mol. The van der Waals surface area contributed by atoms with Gasteiger partial charge < -0.3 is 9.94 Å². The van der Waals surface area contributed by atoms with Gasteiger partial charge in [0.15, 0.2) is 0 Å². The molecule has 1 heterocycles. The van der Waals surface area contributed by atoms with E-state index in [-0.39, 0.29) is 6.42 Å². The minimum Gasteiger partial charge on any atom is -0.481 e. The largest absolute Gasteiger partial charge is 0.481 e. The molecule has 1 aliphatic heterocycles. The smallest absolute Gasteiger partial charge is 0.305 e. The van der Waals surface area contributed by atoms with Crippen molar-refractivity contribution in [3.63, 3.8) is 0 Å². The lowest BCUT2D eigenvalue weighted by molar-refractivity contribution is -0.139. The third kappa shape index (κ3) is 2.75. The fourth-order valence-corrected chi connectivity index (χ4v) is 0.673. The number of rotatable bonds is 3. The third-order valence-electron chi connectivity index (χ3n) is 1.18. The van der Waals surface area contributed by atoms with Crippen molar-refractivity contribution < 1.29 is 14.7 Å². The molecule has 0 unspecified atom stereocenters. The lowest BCUT2D eigenvalue weighted by Crippen LogP contribution is -2.20. The molecule has 0 amide bonds. The molecule has 0 spiro atoms. The maximum absolute atomic E-state index is 10.1. The van der Waals surface area contributed by atoms with E-state index in [9.17, 15) is 4.79 Å². The van der Waals surface area contributed by atoms with Crippen molar-refractivity contribution in [2.24, 2.45) is 0 Å². The van der Waals surface area contributed by atoms with Gasteiger partial charge in [-0.1, -0.05) is 0 Å². The predicted molar refractivity (Wildman–Crippen MR) is 38.3 cm³/mol. The van der Waals surface area contributed by atoms with E-state index in [1.165, 1.54) is 11.3 Å². The average Bonchev–Trinajstić information content (AvgIpc) is 2.03. The van der Waals surface area contributed by atoms with Crippen LogP contribution in [0, 0.1) is 0 Å². The summed E-state index contributed by atoms with van der Waals surface area (Å²) in [5.74, 6) is -0.823. The molecule has 11 heavy (non-hydrogen) atoms. The summed E-state index contributed by atoms with van der Waals surface area (Å²) in [5.41, 5.74) is 0. The third-order valence-corrected chi connectivity index (χ3v) is 1.18. The SMILES string of the molecule is O=C(O)CCN1C=CC=CO1. The van der Waals surface area contributed by atoms with Crippen LogP contribution >= 0.6 is 0 Å². The highest BCUT2D eigenvalue weighted by atomic mass is 16.7. The van der Waals surface area contributed by atoms with Crippen LogP contribution < -0.4 is 0 Å².